The van der Waals surface area contributed by atoms with E-state index in [1.54, 1.807) is 20.2 Å². The Kier molecular flexibility index (Phi) is 6.27. The van der Waals surface area contributed by atoms with Crippen LogP contribution in [-0.2, 0) is 4.79 Å². The molecule has 0 heterocycles. The van der Waals surface area contributed by atoms with Gasteiger partial charge in [0, 0.05) is 18.7 Å². The fraction of sp³-hybridized carbons (Fsp3) is 0.263. The van der Waals surface area contributed by atoms with E-state index in [4.69, 9.17) is 4.74 Å². The van der Waals surface area contributed by atoms with E-state index in [1.807, 2.05) is 25.1 Å². The van der Waals surface area contributed by atoms with Crippen molar-refractivity contribution >= 4 is 11.8 Å². The Balaban J connectivity index is 2.01. The first-order valence-corrected chi connectivity index (χ1v) is 7.97. The summed E-state index contributed by atoms with van der Waals surface area (Å²) in [5.74, 6) is -2.25. The van der Waals surface area contributed by atoms with Gasteiger partial charge in [0.05, 0.1) is 25.3 Å². The zero-order chi connectivity index (χ0) is 19.3. The van der Waals surface area contributed by atoms with E-state index in [1.165, 1.54) is 4.90 Å². The van der Waals surface area contributed by atoms with Crippen LogP contribution >= 0.6 is 0 Å². The van der Waals surface area contributed by atoms with E-state index in [0.717, 1.165) is 17.7 Å². The molecule has 0 aliphatic heterocycles. The molecule has 5 nitrogen and oxygen atoms in total. The van der Waals surface area contributed by atoms with E-state index in [9.17, 15) is 18.4 Å². The monoisotopic (exact) mass is 362 g/mol. The van der Waals surface area contributed by atoms with E-state index >= 15 is 0 Å². The zero-order valence-electron chi connectivity index (χ0n) is 14.8. The lowest BCUT2D eigenvalue weighted by Gasteiger charge is -2.26. The zero-order valence-corrected chi connectivity index (χ0v) is 14.8. The van der Waals surface area contributed by atoms with Gasteiger partial charge in [0.1, 0.15) is 17.4 Å². The average molecular weight is 362 g/mol. The predicted octanol–water partition coefficient (Wildman–Crippen LogP) is 2.92. The van der Waals surface area contributed by atoms with Crippen molar-refractivity contribution < 1.29 is 23.1 Å². The lowest BCUT2D eigenvalue weighted by Crippen LogP contribution is -2.39. The van der Waals surface area contributed by atoms with E-state index in [0.29, 0.717) is 11.8 Å². The number of benzene rings is 2. The average Bonchev–Trinajstić information content (AvgIpc) is 2.64. The van der Waals surface area contributed by atoms with Crippen molar-refractivity contribution in [2.24, 2.45) is 0 Å². The van der Waals surface area contributed by atoms with Gasteiger partial charge >= 0.3 is 0 Å². The lowest BCUT2D eigenvalue weighted by molar-refractivity contribution is -0.130. The predicted molar refractivity (Wildman–Crippen MR) is 92.9 cm³/mol. The number of hydrogen-bond donors (Lipinski definition) is 1. The smallest absolute Gasteiger partial charge is 0.254 e. The number of methoxy groups -OCH3 is 1. The summed E-state index contributed by atoms with van der Waals surface area (Å²) in [4.78, 5) is 25.8. The van der Waals surface area contributed by atoms with Crippen LogP contribution in [0.25, 0.3) is 0 Å². The quantitative estimate of drug-likeness (QED) is 0.860. The molecule has 0 spiro atoms. The van der Waals surface area contributed by atoms with Gasteiger partial charge in [-0.05, 0) is 25.1 Å². The minimum atomic E-state index is -0.981. The van der Waals surface area contributed by atoms with Crippen molar-refractivity contribution in [2.75, 3.05) is 20.7 Å². The van der Waals surface area contributed by atoms with Crippen LogP contribution in [0.1, 0.15) is 28.9 Å². The Labute approximate surface area is 150 Å². The van der Waals surface area contributed by atoms with Gasteiger partial charge < -0.3 is 15.0 Å². The minimum Gasteiger partial charge on any atom is -0.496 e. The summed E-state index contributed by atoms with van der Waals surface area (Å²) in [6, 6.07) is 9.65. The molecule has 7 heteroatoms. The topological polar surface area (TPSA) is 58.6 Å². The maximum absolute atomic E-state index is 13.6. The van der Waals surface area contributed by atoms with Crippen molar-refractivity contribution in [3.05, 3.63) is 65.2 Å². The van der Waals surface area contributed by atoms with Gasteiger partial charge in [-0.2, -0.15) is 0 Å². The number of carbonyl (C=O) groups excluding carboxylic acids is 2. The Morgan fingerprint density at radius 2 is 1.88 bits per heavy atom. The van der Waals surface area contributed by atoms with Crippen LogP contribution in [0.5, 0.6) is 5.75 Å². The van der Waals surface area contributed by atoms with Crippen LogP contribution in [0.2, 0.25) is 0 Å². The second kappa shape index (κ2) is 8.42. The van der Waals surface area contributed by atoms with Crippen molar-refractivity contribution in [1.29, 1.82) is 0 Å². The summed E-state index contributed by atoms with van der Waals surface area (Å²) in [6.45, 7) is 1.52. The third-order valence-electron chi connectivity index (χ3n) is 4.14. The van der Waals surface area contributed by atoms with Gasteiger partial charge in [-0.25, -0.2) is 8.78 Å². The Morgan fingerprint density at radius 1 is 1.19 bits per heavy atom. The summed E-state index contributed by atoms with van der Waals surface area (Å²) in [6.07, 6.45) is 0. The number of nitrogens with zero attached hydrogens (tertiary/aromatic N) is 1. The van der Waals surface area contributed by atoms with Crippen LogP contribution in [0.4, 0.5) is 8.78 Å². The van der Waals surface area contributed by atoms with Crippen LogP contribution in [0.15, 0.2) is 42.5 Å². The van der Waals surface area contributed by atoms with Gasteiger partial charge in [0.25, 0.3) is 5.91 Å². The Hall–Kier alpha value is -2.96. The number of nitrogens with one attached hydrogen (secondary N) is 1. The second-order valence-electron chi connectivity index (χ2n) is 5.73. The molecule has 0 fully saturated rings. The SMILES string of the molecule is COc1ccccc1C(C)N(C)C(=O)CNC(=O)c1ccc(F)cc1F. The van der Waals surface area contributed by atoms with Crippen LogP contribution < -0.4 is 10.1 Å². The van der Waals surface area contributed by atoms with Crippen molar-refractivity contribution in [3.8, 4) is 5.75 Å². The van der Waals surface area contributed by atoms with E-state index in [-0.39, 0.29) is 24.1 Å². The fourth-order valence-corrected chi connectivity index (χ4v) is 2.49. The molecule has 0 aliphatic carbocycles. The summed E-state index contributed by atoms with van der Waals surface area (Å²) in [7, 11) is 3.15. The molecular formula is C19H20F2N2O3. The molecule has 1 atom stereocenters. The molecule has 0 radical (unpaired) electrons. The van der Waals surface area contributed by atoms with E-state index in [2.05, 4.69) is 5.32 Å². The van der Waals surface area contributed by atoms with Gasteiger partial charge in [-0.15, -0.1) is 0 Å². The lowest BCUT2D eigenvalue weighted by atomic mass is 10.1. The molecule has 1 unspecified atom stereocenters. The first kappa shape index (κ1) is 19.4. The summed E-state index contributed by atoms with van der Waals surface area (Å²) in [5.41, 5.74) is 0.501. The first-order valence-electron chi connectivity index (χ1n) is 7.97. The molecule has 0 aliphatic rings. The van der Waals surface area contributed by atoms with Crippen molar-refractivity contribution in [3.63, 3.8) is 0 Å². The normalized spacial score (nSPS) is 11.6. The van der Waals surface area contributed by atoms with Crippen molar-refractivity contribution in [1.82, 2.24) is 10.2 Å². The van der Waals surface area contributed by atoms with Crippen molar-refractivity contribution in [2.45, 2.75) is 13.0 Å². The molecule has 2 rings (SSSR count). The number of likely N-dealkylation sites (N-methyl/N-ethyl adjacent to an activating group) is 1. The van der Waals surface area contributed by atoms with Crippen LogP contribution in [-0.4, -0.2) is 37.4 Å². The highest BCUT2D eigenvalue weighted by Crippen LogP contribution is 2.27. The number of ether oxygens (including phenoxy) is 1. The molecule has 0 saturated heterocycles. The Morgan fingerprint density at radius 3 is 2.54 bits per heavy atom. The number of halogens is 2. The number of amides is 2. The molecule has 1 N–H and O–H groups in total. The third-order valence-corrected chi connectivity index (χ3v) is 4.14. The highest BCUT2D eigenvalue weighted by Gasteiger charge is 2.21. The summed E-state index contributed by atoms with van der Waals surface area (Å²) < 4.78 is 31.8. The highest BCUT2D eigenvalue weighted by molar-refractivity contribution is 5.96. The standard InChI is InChI=1S/C19H20F2N2O3/c1-12(14-6-4-5-7-17(14)26-3)23(2)18(24)11-22-19(25)15-9-8-13(20)10-16(15)21/h4-10,12H,11H2,1-3H3,(H,22,25). The molecule has 138 valence electrons. The van der Waals surface area contributed by atoms with Gasteiger partial charge in [-0.1, -0.05) is 18.2 Å². The molecule has 26 heavy (non-hydrogen) atoms. The molecule has 2 aromatic carbocycles. The summed E-state index contributed by atoms with van der Waals surface area (Å²) in [5, 5.41) is 2.35. The first-order chi connectivity index (χ1) is 12.3. The molecule has 0 saturated carbocycles. The third kappa shape index (κ3) is 4.36. The molecule has 2 amide bonds. The molecule has 2 aromatic rings. The maximum Gasteiger partial charge on any atom is 0.254 e. The maximum atomic E-state index is 13.6. The van der Waals surface area contributed by atoms with Gasteiger partial charge in [-0.3, -0.25) is 9.59 Å². The number of carbonyl (C=O) groups is 2. The minimum absolute atomic E-state index is 0.293. The van der Waals surface area contributed by atoms with Gasteiger partial charge in [0.15, 0.2) is 0 Å². The summed E-state index contributed by atoms with van der Waals surface area (Å²) >= 11 is 0. The molecule has 0 bridgehead atoms. The number of rotatable bonds is 6. The molecular weight excluding hydrogens is 342 g/mol. The Bertz CT molecular complexity index is 811. The highest BCUT2D eigenvalue weighted by atomic mass is 19.1. The number of hydrogen-bond acceptors (Lipinski definition) is 3. The molecule has 0 aromatic heterocycles. The second-order valence-corrected chi connectivity index (χ2v) is 5.73. The largest absolute Gasteiger partial charge is 0.496 e. The van der Waals surface area contributed by atoms with Gasteiger partial charge in [0.2, 0.25) is 5.91 Å². The van der Waals surface area contributed by atoms with E-state index < -0.39 is 17.5 Å². The number of para-hydroxylation sites is 1. The van der Waals surface area contributed by atoms with Crippen LogP contribution in [0, 0.1) is 11.6 Å². The van der Waals surface area contributed by atoms with Crippen LogP contribution in [0.3, 0.4) is 0 Å². The fourth-order valence-electron chi connectivity index (χ4n) is 2.49.